The molecule has 342 valence electrons. The zero-order chi connectivity index (χ0) is 45.4. The van der Waals surface area contributed by atoms with E-state index in [-0.39, 0.29) is 35.7 Å². The van der Waals surface area contributed by atoms with Gasteiger partial charge in [0.25, 0.3) is 12.3 Å². The molecule has 8 heterocycles. The number of carbonyl (C=O) groups is 4. The summed E-state index contributed by atoms with van der Waals surface area (Å²) in [5.74, 6) is 0.330. The minimum absolute atomic E-state index is 0.0164. The number of likely N-dealkylation sites (tertiary alicyclic amines) is 1. The molecule has 3 aromatic carbocycles. The highest BCUT2D eigenvalue weighted by Crippen LogP contribution is 2.44. The minimum atomic E-state index is -2.66. The quantitative estimate of drug-likeness (QED) is 0.167. The number of hydrogen-bond acceptors (Lipinski definition) is 9. The number of imide groups is 1. The third-order valence-electron chi connectivity index (χ3n) is 14.9. The molecular formula is C50H54F2N10O4. The first-order valence-electron chi connectivity index (χ1n) is 23.4. The van der Waals surface area contributed by atoms with Crippen LogP contribution in [0.5, 0.6) is 0 Å². The lowest BCUT2D eigenvalue weighted by Crippen LogP contribution is -2.52. The number of rotatable bonds is 9. The van der Waals surface area contributed by atoms with Crippen LogP contribution in [0, 0.1) is 0 Å². The normalized spacial score (nSPS) is 20.4. The smallest absolute Gasteiger partial charge is 0.264 e. The van der Waals surface area contributed by atoms with E-state index in [1.54, 1.807) is 42.0 Å². The van der Waals surface area contributed by atoms with Crippen LogP contribution in [0.4, 0.5) is 26.0 Å². The molecular weight excluding hydrogens is 843 g/mol. The highest BCUT2D eigenvalue weighted by Gasteiger charge is 2.42. The van der Waals surface area contributed by atoms with Crippen molar-refractivity contribution in [3.8, 4) is 11.1 Å². The summed E-state index contributed by atoms with van der Waals surface area (Å²) in [7, 11) is 1.79. The number of nitrogens with zero attached hydrogens (tertiary/aromatic N) is 9. The van der Waals surface area contributed by atoms with Gasteiger partial charge in [0.1, 0.15) is 6.04 Å². The Balaban J connectivity index is 0.749. The molecule has 0 radical (unpaired) electrons. The first kappa shape index (κ1) is 42.2. The van der Waals surface area contributed by atoms with E-state index in [9.17, 15) is 28.0 Å². The summed E-state index contributed by atoms with van der Waals surface area (Å²) in [5.41, 5.74) is 10.3. The molecule has 3 saturated heterocycles. The van der Waals surface area contributed by atoms with Crippen LogP contribution < -0.4 is 15.1 Å². The Morgan fingerprint density at radius 3 is 2.41 bits per heavy atom. The van der Waals surface area contributed by atoms with Gasteiger partial charge < -0.3 is 19.6 Å². The molecule has 1 unspecified atom stereocenters. The molecule has 0 aliphatic carbocycles. The largest absolute Gasteiger partial charge is 0.370 e. The van der Waals surface area contributed by atoms with Gasteiger partial charge in [-0.05, 0) is 78.6 Å². The van der Waals surface area contributed by atoms with Gasteiger partial charge in [0, 0.05) is 136 Å². The molecule has 1 atom stereocenters. The van der Waals surface area contributed by atoms with Crippen molar-refractivity contribution >= 4 is 40.8 Å². The van der Waals surface area contributed by atoms with Gasteiger partial charge in [0.2, 0.25) is 17.7 Å². The van der Waals surface area contributed by atoms with Crippen molar-refractivity contribution in [1.29, 1.82) is 0 Å². The van der Waals surface area contributed by atoms with E-state index in [1.165, 1.54) is 11.1 Å². The van der Waals surface area contributed by atoms with Gasteiger partial charge in [-0.15, -0.1) is 0 Å². The number of carbonyl (C=O) groups excluding carboxylic acids is 4. The molecule has 14 nitrogen and oxygen atoms in total. The van der Waals surface area contributed by atoms with Gasteiger partial charge >= 0.3 is 0 Å². The van der Waals surface area contributed by atoms with Gasteiger partial charge in [-0.1, -0.05) is 30.3 Å². The van der Waals surface area contributed by atoms with E-state index in [0.29, 0.717) is 61.6 Å². The Kier molecular flexibility index (Phi) is 10.7. The number of piperidine rings is 2. The highest BCUT2D eigenvalue weighted by atomic mass is 19.3. The molecule has 3 fully saturated rings. The maximum atomic E-state index is 14.8. The fraction of sp³-hybridized carbons (Fsp3) is 0.440. The average Bonchev–Trinajstić information content (AvgIpc) is 4.01. The second-order valence-corrected chi connectivity index (χ2v) is 19.0. The summed E-state index contributed by atoms with van der Waals surface area (Å²) in [6.45, 7) is 8.08. The third-order valence-corrected chi connectivity index (χ3v) is 14.9. The molecule has 11 rings (SSSR count). The van der Waals surface area contributed by atoms with Crippen molar-refractivity contribution in [2.24, 2.45) is 7.05 Å². The van der Waals surface area contributed by atoms with Gasteiger partial charge in [-0.3, -0.25) is 38.8 Å². The maximum absolute atomic E-state index is 14.8. The highest BCUT2D eigenvalue weighted by molar-refractivity contribution is 6.06. The second-order valence-electron chi connectivity index (χ2n) is 19.0. The fourth-order valence-corrected chi connectivity index (χ4v) is 11.3. The number of anilines is 3. The number of aromatic nitrogens is 4. The van der Waals surface area contributed by atoms with Crippen molar-refractivity contribution in [3.63, 3.8) is 0 Å². The van der Waals surface area contributed by atoms with E-state index < -0.39 is 18.4 Å². The summed E-state index contributed by atoms with van der Waals surface area (Å²) in [6.07, 6.45) is 5.53. The van der Waals surface area contributed by atoms with Crippen molar-refractivity contribution in [3.05, 3.63) is 112 Å². The lowest BCUT2D eigenvalue weighted by atomic mass is 9.89. The summed E-state index contributed by atoms with van der Waals surface area (Å²) in [4.78, 5) is 60.9. The summed E-state index contributed by atoms with van der Waals surface area (Å²) in [5, 5.41) is 12.0. The molecule has 0 bridgehead atoms. The number of hydrogen-bond donors (Lipinski definition) is 1. The summed E-state index contributed by atoms with van der Waals surface area (Å²) in [6, 6.07) is 17.9. The Labute approximate surface area is 382 Å². The zero-order valence-corrected chi connectivity index (χ0v) is 37.4. The van der Waals surface area contributed by atoms with Crippen LogP contribution in [0.15, 0.2) is 67.0 Å². The lowest BCUT2D eigenvalue weighted by Gasteiger charge is -2.42. The number of benzene rings is 3. The molecule has 66 heavy (non-hydrogen) atoms. The van der Waals surface area contributed by atoms with Gasteiger partial charge in [-0.2, -0.15) is 10.2 Å². The zero-order valence-electron chi connectivity index (χ0n) is 37.4. The predicted molar refractivity (Wildman–Crippen MR) is 243 cm³/mol. The fourth-order valence-electron chi connectivity index (χ4n) is 11.3. The maximum Gasteiger partial charge on any atom is 0.264 e. The molecule has 2 aromatic heterocycles. The number of aryl methyl sites for hydroxylation is 2. The topological polar surface area (TPSA) is 132 Å². The number of nitrogens with one attached hydrogen (secondary N) is 1. The van der Waals surface area contributed by atoms with E-state index >= 15 is 0 Å². The Morgan fingerprint density at radius 2 is 1.68 bits per heavy atom. The molecule has 1 N–H and O–H groups in total. The standard InChI is InChI=1S/C50H54F2N10O4/c1-30(63)58-20-16-43-41(28-58)48(60-17-4-5-33-21-38(34-23-53-56(2)25-34)39(47(51)52)22-45(33)60)55-62(43)36-14-18-57(19-15-36)24-31-8-10-32(11-9-31)35-26-59(27-35)42-7-3-6-37-40(42)29-61(50(37)66)44-12-13-46(64)54-49(44)65/h3,6-11,21-23,25,35-36,44,47H,4-5,12-20,24,26-29H2,1-2H3,(H,54,64,65). The van der Waals surface area contributed by atoms with Crippen molar-refractivity contribution in [1.82, 2.24) is 39.6 Å². The third kappa shape index (κ3) is 7.52. The van der Waals surface area contributed by atoms with E-state index in [2.05, 4.69) is 60.1 Å². The number of alkyl halides is 2. The lowest BCUT2D eigenvalue weighted by molar-refractivity contribution is -0.137. The SMILES string of the molecule is CC(=O)N1CCc2c(c(N3CCCc4cc(-c5cnn(C)c5)c(C(F)F)cc43)nn2C2CCN(Cc3ccc(C4CN(c5cccc6c5CN(C5CCC(=O)NC5=O)C6=O)C4)cc3)CC2)C1. The Morgan fingerprint density at radius 1 is 0.879 bits per heavy atom. The Bertz CT molecular complexity index is 2750. The van der Waals surface area contributed by atoms with Crippen LogP contribution in [-0.4, -0.2) is 103 Å². The van der Waals surface area contributed by atoms with Crippen molar-refractivity contribution in [2.75, 3.05) is 49.1 Å². The number of amides is 4. The second kappa shape index (κ2) is 16.8. The van der Waals surface area contributed by atoms with Crippen LogP contribution in [0.2, 0.25) is 0 Å². The van der Waals surface area contributed by atoms with Crippen LogP contribution >= 0.6 is 0 Å². The van der Waals surface area contributed by atoms with E-state index in [4.69, 9.17) is 5.10 Å². The molecule has 6 aliphatic rings. The minimum Gasteiger partial charge on any atom is -0.370 e. The predicted octanol–water partition coefficient (Wildman–Crippen LogP) is 6.41. The monoisotopic (exact) mass is 896 g/mol. The van der Waals surface area contributed by atoms with Crippen LogP contribution in [-0.2, 0) is 53.9 Å². The average molecular weight is 897 g/mol. The molecule has 0 spiro atoms. The van der Waals surface area contributed by atoms with Crippen LogP contribution in [0.3, 0.4) is 0 Å². The molecule has 4 amide bonds. The van der Waals surface area contributed by atoms with E-state index in [1.807, 2.05) is 23.1 Å². The first-order valence-corrected chi connectivity index (χ1v) is 23.4. The van der Waals surface area contributed by atoms with Crippen molar-refractivity contribution in [2.45, 2.75) is 95.9 Å². The molecule has 6 aliphatic heterocycles. The number of halogens is 2. The molecule has 0 saturated carbocycles. The van der Waals surface area contributed by atoms with Crippen LogP contribution in [0.25, 0.3) is 11.1 Å². The van der Waals surface area contributed by atoms with Gasteiger partial charge in [0.15, 0.2) is 5.82 Å². The number of fused-ring (bicyclic) bond motifs is 3. The van der Waals surface area contributed by atoms with Gasteiger partial charge in [-0.25, -0.2) is 8.78 Å². The van der Waals surface area contributed by atoms with Gasteiger partial charge in [0.05, 0.1) is 18.8 Å². The van der Waals surface area contributed by atoms with Crippen molar-refractivity contribution < 1.29 is 28.0 Å². The molecule has 16 heteroatoms. The summed E-state index contributed by atoms with van der Waals surface area (Å²) < 4.78 is 33.4. The Hall–Kier alpha value is -6.42. The molecule has 5 aromatic rings. The first-order chi connectivity index (χ1) is 32.0. The van der Waals surface area contributed by atoms with Crippen LogP contribution in [0.1, 0.15) is 107 Å². The van der Waals surface area contributed by atoms with E-state index in [0.717, 1.165) is 98.0 Å². The summed E-state index contributed by atoms with van der Waals surface area (Å²) >= 11 is 0.